The first-order valence-electron chi connectivity index (χ1n) is 5.66. The van der Waals surface area contributed by atoms with Gasteiger partial charge in [0.2, 0.25) is 10.0 Å². The summed E-state index contributed by atoms with van der Waals surface area (Å²) in [5.41, 5.74) is -0.617. The van der Waals surface area contributed by atoms with Gasteiger partial charge in [0, 0.05) is 13.0 Å². The molecule has 0 aromatic heterocycles. The Bertz CT molecular complexity index is 627. The van der Waals surface area contributed by atoms with Crippen LogP contribution < -0.4 is 4.72 Å². The highest BCUT2D eigenvalue weighted by atomic mass is 32.2. The number of sulfonamides is 1. The molecule has 0 atom stereocenters. The van der Waals surface area contributed by atoms with Crippen LogP contribution in [0.1, 0.15) is 23.2 Å². The number of alkyl halides is 3. The van der Waals surface area contributed by atoms with Crippen molar-refractivity contribution < 1.29 is 36.6 Å². The zero-order chi connectivity index (χ0) is 16.3. The van der Waals surface area contributed by atoms with Gasteiger partial charge in [-0.15, -0.1) is 0 Å². The molecule has 0 spiro atoms. The molecule has 1 aromatic carbocycles. The van der Waals surface area contributed by atoms with Crippen molar-refractivity contribution in [2.45, 2.75) is 23.9 Å². The van der Waals surface area contributed by atoms with Crippen molar-refractivity contribution in [3.8, 4) is 5.75 Å². The molecule has 0 amide bonds. The van der Waals surface area contributed by atoms with E-state index in [1.165, 1.54) is 0 Å². The van der Waals surface area contributed by atoms with Gasteiger partial charge in [-0.25, -0.2) is 17.9 Å². The number of carbonyl (C=O) groups is 1. The number of hydrogen-bond acceptors (Lipinski definition) is 4. The molecular weight excluding hydrogens is 315 g/mol. The molecule has 1 aromatic rings. The molecule has 21 heavy (non-hydrogen) atoms. The highest BCUT2D eigenvalue weighted by Crippen LogP contribution is 2.22. The van der Waals surface area contributed by atoms with E-state index < -0.39 is 57.8 Å². The summed E-state index contributed by atoms with van der Waals surface area (Å²) in [6.45, 7) is -0.439. The number of aromatic hydroxyl groups is 1. The maximum Gasteiger partial charge on any atom is 0.389 e. The Hall–Kier alpha value is -1.81. The lowest BCUT2D eigenvalue weighted by atomic mass is 10.2. The fourth-order valence-corrected chi connectivity index (χ4v) is 2.53. The van der Waals surface area contributed by atoms with Crippen LogP contribution in [0.5, 0.6) is 5.75 Å². The Morgan fingerprint density at radius 1 is 1.29 bits per heavy atom. The highest BCUT2D eigenvalue weighted by molar-refractivity contribution is 7.89. The van der Waals surface area contributed by atoms with Gasteiger partial charge >= 0.3 is 12.1 Å². The average molecular weight is 327 g/mol. The Morgan fingerprint density at radius 2 is 1.90 bits per heavy atom. The second kappa shape index (κ2) is 6.31. The maximum atomic E-state index is 11.9. The SMILES string of the molecule is O=C(O)c1cc(S(=O)(=O)NCCCC(F)(F)F)ccc1O. The van der Waals surface area contributed by atoms with E-state index in [1.807, 2.05) is 4.72 Å². The normalized spacial score (nSPS) is 12.3. The number of nitrogens with one attached hydrogen (secondary N) is 1. The number of aromatic carboxylic acids is 1. The highest BCUT2D eigenvalue weighted by Gasteiger charge is 2.26. The number of rotatable bonds is 6. The van der Waals surface area contributed by atoms with Gasteiger partial charge in [0.15, 0.2) is 0 Å². The number of carboxylic acid groups (broad SMARTS) is 1. The Morgan fingerprint density at radius 3 is 2.43 bits per heavy atom. The minimum Gasteiger partial charge on any atom is -0.507 e. The first-order chi connectivity index (χ1) is 9.53. The molecule has 3 N–H and O–H groups in total. The molecular formula is C11H12F3NO5S. The van der Waals surface area contributed by atoms with Gasteiger partial charge in [-0.2, -0.15) is 13.2 Å². The topological polar surface area (TPSA) is 104 Å². The molecule has 0 fully saturated rings. The standard InChI is InChI=1S/C11H12F3NO5S/c12-11(13,14)4-1-5-15-21(19,20)7-2-3-9(16)8(6-7)10(17)18/h2-3,6,15-16H,1,4-5H2,(H,17,18). The molecule has 0 saturated carbocycles. The third-order valence-electron chi connectivity index (χ3n) is 2.44. The van der Waals surface area contributed by atoms with E-state index in [1.54, 1.807) is 0 Å². The molecule has 10 heteroatoms. The largest absolute Gasteiger partial charge is 0.507 e. The van der Waals surface area contributed by atoms with Crippen LogP contribution in [0.25, 0.3) is 0 Å². The van der Waals surface area contributed by atoms with E-state index in [0.29, 0.717) is 0 Å². The van der Waals surface area contributed by atoms with Gasteiger partial charge in [0.25, 0.3) is 0 Å². The maximum absolute atomic E-state index is 11.9. The molecule has 0 saturated heterocycles. The van der Waals surface area contributed by atoms with Crippen LogP contribution in [0.3, 0.4) is 0 Å². The number of halogens is 3. The smallest absolute Gasteiger partial charge is 0.389 e. The van der Waals surface area contributed by atoms with Crippen LogP contribution in [0.2, 0.25) is 0 Å². The van der Waals surface area contributed by atoms with Crippen molar-refractivity contribution in [1.82, 2.24) is 4.72 Å². The predicted molar refractivity (Wildman–Crippen MR) is 65.5 cm³/mol. The van der Waals surface area contributed by atoms with Crippen LogP contribution in [0.15, 0.2) is 23.1 Å². The van der Waals surface area contributed by atoms with Crippen LogP contribution >= 0.6 is 0 Å². The van der Waals surface area contributed by atoms with Crippen molar-refractivity contribution in [2.75, 3.05) is 6.54 Å². The fourth-order valence-electron chi connectivity index (χ4n) is 1.43. The van der Waals surface area contributed by atoms with Crippen molar-refractivity contribution in [1.29, 1.82) is 0 Å². The lowest BCUT2D eigenvalue weighted by Gasteiger charge is -2.09. The second-order valence-electron chi connectivity index (χ2n) is 4.10. The van der Waals surface area contributed by atoms with Gasteiger partial charge in [-0.05, 0) is 24.6 Å². The first kappa shape index (κ1) is 17.2. The van der Waals surface area contributed by atoms with Gasteiger partial charge in [0.1, 0.15) is 11.3 Å². The van der Waals surface area contributed by atoms with Crippen LogP contribution in [0, 0.1) is 0 Å². The lowest BCUT2D eigenvalue weighted by Crippen LogP contribution is -2.26. The second-order valence-corrected chi connectivity index (χ2v) is 5.87. The molecule has 6 nitrogen and oxygen atoms in total. The van der Waals surface area contributed by atoms with Gasteiger partial charge in [0.05, 0.1) is 4.90 Å². The quantitative estimate of drug-likeness (QED) is 0.690. The molecule has 1 rings (SSSR count). The summed E-state index contributed by atoms with van der Waals surface area (Å²) in [5, 5.41) is 18.0. The number of hydrogen-bond donors (Lipinski definition) is 3. The molecule has 0 aliphatic carbocycles. The van der Waals surface area contributed by atoms with Crippen molar-refractivity contribution >= 4 is 16.0 Å². The average Bonchev–Trinajstić information content (AvgIpc) is 2.33. The molecule has 118 valence electrons. The summed E-state index contributed by atoms with van der Waals surface area (Å²) in [6, 6.07) is 2.56. The fraction of sp³-hybridized carbons (Fsp3) is 0.364. The Labute approximate surface area is 118 Å². The van der Waals surface area contributed by atoms with Crippen LogP contribution in [0.4, 0.5) is 13.2 Å². The van der Waals surface area contributed by atoms with Crippen LogP contribution in [-0.4, -0.2) is 37.3 Å². The van der Waals surface area contributed by atoms with Crippen molar-refractivity contribution in [3.63, 3.8) is 0 Å². The molecule has 0 radical (unpaired) electrons. The monoisotopic (exact) mass is 327 g/mol. The number of phenols is 1. The minimum absolute atomic E-state index is 0.438. The van der Waals surface area contributed by atoms with Gasteiger partial charge < -0.3 is 10.2 Å². The zero-order valence-electron chi connectivity index (χ0n) is 10.5. The predicted octanol–water partition coefficient (Wildman–Crippen LogP) is 1.71. The van der Waals surface area contributed by atoms with Crippen molar-refractivity contribution in [3.05, 3.63) is 23.8 Å². The van der Waals surface area contributed by atoms with Crippen molar-refractivity contribution in [2.24, 2.45) is 0 Å². The van der Waals surface area contributed by atoms with E-state index in [-0.39, 0.29) is 0 Å². The molecule has 0 unspecified atom stereocenters. The van der Waals surface area contributed by atoms with E-state index >= 15 is 0 Å². The first-order valence-corrected chi connectivity index (χ1v) is 7.14. The third kappa shape index (κ3) is 5.23. The summed E-state index contributed by atoms with van der Waals surface area (Å²) in [6.07, 6.45) is -5.95. The van der Waals surface area contributed by atoms with Gasteiger partial charge in [-0.3, -0.25) is 0 Å². The van der Waals surface area contributed by atoms with Gasteiger partial charge in [-0.1, -0.05) is 0 Å². The summed E-state index contributed by atoms with van der Waals surface area (Å²) in [5.74, 6) is -2.14. The molecule has 0 aliphatic rings. The molecule has 0 aliphatic heterocycles. The van der Waals surface area contributed by atoms with E-state index in [9.17, 15) is 31.5 Å². The lowest BCUT2D eigenvalue weighted by molar-refractivity contribution is -0.135. The summed E-state index contributed by atoms with van der Waals surface area (Å²) in [7, 11) is -4.14. The molecule has 0 heterocycles. The minimum atomic E-state index is -4.37. The Kier molecular flexibility index (Phi) is 5.18. The van der Waals surface area contributed by atoms with E-state index in [4.69, 9.17) is 5.11 Å². The summed E-state index contributed by atoms with van der Waals surface area (Å²) >= 11 is 0. The van der Waals surface area contributed by atoms with Crippen LogP contribution in [-0.2, 0) is 10.0 Å². The number of benzene rings is 1. The summed E-state index contributed by atoms with van der Waals surface area (Å²) < 4.78 is 61.2. The number of carboxylic acids is 1. The third-order valence-corrected chi connectivity index (χ3v) is 3.90. The summed E-state index contributed by atoms with van der Waals surface area (Å²) in [4.78, 5) is 10.3. The zero-order valence-corrected chi connectivity index (χ0v) is 11.3. The van der Waals surface area contributed by atoms with E-state index in [0.717, 1.165) is 18.2 Å². The molecule has 0 bridgehead atoms. The Balaban J connectivity index is 2.79. The van der Waals surface area contributed by atoms with E-state index in [2.05, 4.69) is 0 Å².